The summed E-state index contributed by atoms with van der Waals surface area (Å²) < 4.78 is 0.936. The second-order valence-electron chi connectivity index (χ2n) is 6.68. The standard InChI is InChI=1S/C19H28BrN3O2/c1-4-22(14(2)3)13-11-21-18(24)17-6-5-12-23(17)19(25)15-7-9-16(20)10-8-15/h7-10,14,17H,4-6,11-13H2,1-3H3,(H,21,24). The summed E-state index contributed by atoms with van der Waals surface area (Å²) in [7, 11) is 0. The maximum absolute atomic E-state index is 12.7. The number of carbonyl (C=O) groups is 2. The fraction of sp³-hybridized carbons (Fsp3) is 0.579. The lowest BCUT2D eigenvalue weighted by atomic mass is 10.1. The molecule has 1 N–H and O–H groups in total. The molecule has 0 spiro atoms. The molecule has 2 amide bonds. The summed E-state index contributed by atoms with van der Waals surface area (Å²) in [6.45, 7) is 9.47. The Kier molecular flexibility index (Phi) is 7.44. The van der Waals surface area contributed by atoms with E-state index in [1.165, 1.54) is 0 Å². The molecule has 1 aromatic rings. The second-order valence-corrected chi connectivity index (χ2v) is 7.59. The first kappa shape index (κ1) is 19.9. The number of carbonyl (C=O) groups excluding carboxylic acids is 2. The van der Waals surface area contributed by atoms with Crippen LogP contribution in [0.2, 0.25) is 0 Å². The van der Waals surface area contributed by atoms with Crippen molar-refractivity contribution in [1.29, 1.82) is 0 Å². The molecular formula is C19H28BrN3O2. The molecule has 1 unspecified atom stereocenters. The molecule has 6 heteroatoms. The van der Waals surface area contributed by atoms with Gasteiger partial charge in [0, 0.05) is 35.7 Å². The first-order chi connectivity index (χ1) is 11.9. The van der Waals surface area contributed by atoms with E-state index in [1.807, 2.05) is 12.1 Å². The van der Waals surface area contributed by atoms with Gasteiger partial charge in [-0.15, -0.1) is 0 Å². The lowest BCUT2D eigenvalue weighted by Gasteiger charge is -2.27. The van der Waals surface area contributed by atoms with E-state index in [0.29, 0.717) is 24.7 Å². The van der Waals surface area contributed by atoms with Gasteiger partial charge < -0.3 is 10.2 Å². The van der Waals surface area contributed by atoms with Gasteiger partial charge in [0.1, 0.15) is 6.04 Å². The molecule has 1 saturated heterocycles. The fourth-order valence-electron chi connectivity index (χ4n) is 3.26. The van der Waals surface area contributed by atoms with E-state index < -0.39 is 0 Å². The number of likely N-dealkylation sites (tertiary alicyclic amines) is 1. The molecule has 1 fully saturated rings. The molecule has 0 radical (unpaired) electrons. The van der Waals surface area contributed by atoms with E-state index in [1.54, 1.807) is 17.0 Å². The van der Waals surface area contributed by atoms with E-state index in [2.05, 4.69) is 46.9 Å². The minimum atomic E-state index is -0.356. The zero-order chi connectivity index (χ0) is 18.4. The molecule has 138 valence electrons. The third-order valence-electron chi connectivity index (χ3n) is 4.74. The molecule has 0 aromatic heterocycles. The average molecular weight is 410 g/mol. The number of amides is 2. The topological polar surface area (TPSA) is 52.7 Å². The lowest BCUT2D eigenvalue weighted by Crippen LogP contribution is -2.48. The van der Waals surface area contributed by atoms with Gasteiger partial charge in [-0.25, -0.2) is 0 Å². The van der Waals surface area contributed by atoms with Crippen LogP contribution in [0.25, 0.3) is 0 Å². The zero-order valence-electron chi connectivity index (χ0n) is 15.3. The zero-order valence-corrected chi connectivity index (χ0v) is 16.9. The van der Waals surface area contributed by atoms with Gasteiger partial charge in [-0.2, -0.15) is 0 Å². The van der Waals surface area contributed by atoms with Crippen LogP contribution in [0.3, 0.4) is 0 Å². The number of nitrogens with one attached hydrogen (secondary N) is 1. The van der Waals surface area contributed by atoms with Gasteiger partial charge in [0.05, 0.1) is 0 Å². The third-order valence-corrected chi connectivity index (χ3v) is 5.27. The van der Waals surface area contributed by atoms with Crippen molar-refractivity contribution in [2.45, 2.75) is 45.7 Å². The SMILES string of the molecule is CCN(CCNC(=O)C1CCCN1C(=O)c1ccc(Br)cc1)C(C)C. The Morgan fingerprint density at radius 1 is 1.32 bits per heavy atom. The summed E-state index contributed by atoms with van der Waals surface area (Å²) in [6.07, 6.45) is 1.60. The van der Waals surface area contributed by atoms with Gasteiger partial charge in [-0.1, -0.05) is 22.9 Å². The molecular weight excluding hydrogens is 382 g/mol. The van der Waals surface area contributed by atoms with Crippen LogP contribution in [0, 0.1) is 0 Å². The molecule has 1 atom stereocenters. The van der Waals surface area contributed by atoms with Crippen LogP contribution in [0.1, 0.15) is 44.0 Å². The van der Waals surface area contributed by atoms with Crippen molar-refractivity contribution >= 4 is 27.7 Å². The molecule has 1 heterocycles. The van der Waals surface area contributed by atoms with Crippen molar-refractivity contribution in [3.05, 3.63) is 34.3 Å². The predicted molar refractivity (Wildman–Crippen MR) is 104 cm³/mol. The van der Waals surface area contributed by atoms with E-state index in [9.17, 15) is 9.59 Å². The normalized spacial score (nSPS) is 17.4. The first-order valence-electron chi connectivity index (χ1n) is 9.02. The smallest absolute Gasteiger partial charge is 0.254 e. The molecule has 0 aliphatic carbocycles. The van der Waals surface area contributed by atoms with Crippen LogP contribution >= 0.6 is 15.9 Å². The second kappa shape index (κ2) is 9.34. The van der Waals surface area contributed by atoms with Crippen LogP contribution < -0.4 is 5.32 Å². The van der Waals surface area contributed by atoms with E-state index >= 15 is 0 Å². The molecule has 0 bridgehead atoms. The summed E-state index contributed by atoms with van der Waals surface area (Å²) in [5, 5.41) is 3.01. The molecule has 0 saturated carbocycles. The number of benzene rings is 1. The monoisotopic (exact) mass is 409 g/mol. The molecule has 1 aliphatic rings. The molecule has 5 nitrogen and oxygen atoms in total. The van der Waals surface area contributed by atoms with Gasteiger partial charge in [-0.05, 0) is 57.5 Å². The van der Waals surface area contributed by atoms with Crippen molar-refractivity contribution in [3.63, 3.8) is 0 Å². The number of nitrogens with zero attached hydrogens (tertiary/aromatic N) is 2. The van der Waals surface area contributed by atoms with Gasteiger partial charge in [0.15, 0.2) is 0 Å². The predicted octanol–water partition coefficient (Wildman–Crippen LogP) is 2.90. The maximum Gasteiger partial charge on any atom is 0.254 e. The Labute approximate surface area is 158 Å². The van der Waals surface area contributed by atoms with Crippen LogP contribution in [-0.4, -0.2) is 59.9 Å². The first-order valence-corrected chi connectivity index (χ1v) is 9.81. The highest BCUT2D eigenvalue weighted by Gasteiger charge is 2.34. The van der Waals surface area contributed by atoms with Gasteiger partial charge in [0.2, 0.25) is 5.91 Å². The quantitative estimate of drug-likeness (QED) is 0.752. The number of hydrogen-bond acceptors (Lipinski definition) is 3. The summed E-state index contributed by atoms with van der Waals surface area (Å²) in [6, 6.07) is 7.39. The number of halogens is 1. The van der Waals surface area contributed by atoms with E-state index in [-0.39, 0.29) is 17.9 Å². The molecule has 2 rings (SSSR count). The molecule has 1 aliphatic heterocycles. The Morgan fingerprint density at radius 2 is 2.00 bits per heavy atom. The summed E-state index contributed by atoms with van der Waals surface area (Å²) >= 11 is 3.38. The highest BCUT2D eigenvalue weighted by Crippen LogP contribution is 2.21. The van der Waals surface area contributed by atoms with Crippen molar-refractivity contribution in [2.24, 2.45) is 0 Å². The Bertz CT molecular complexity index is 589. The Hall–Kier alpha value is -1.40. The van der Waals surface area contributed by atoms with Gasteiger partial charge in [-0.3, -0.25) is 14.5 Å². The van der Waals surface area contributed by atoms with Crippen LogP contribution in [0.5, 0.6) is 0 Å². The Morgan fingerprint density at radius 3 is 2.60 bits per heavy atom. The van der Waals surface area contributed by atoms with Crippen molar-refractivity contribution in [2.75, 3.05) is 26.2 Å². The average Bonchev–Trinajstić information content (AvgIpc) is 3.08. The Balaban J connectivity index is 1.92. The van der Waals surface area contributed by atoms with Crippen LogP contribution in [-0.2, 0) is 4.79 Å². The van der Waals surface area contributed by atoms with Crippen molar-refractivity contribution in [3.8, 4) is 0 Å². The van der Waals surface area contributed by atoms with Crippen LogP contribution in [0.15, 0.2) is 28.7 Å². The molecule has 1 aromatic carbocycles. The maximum atomic E-state index is 12.7. The summed E-state index contributed by atoms with van der Waals surface area (Å²) in [5.41, 5.74) is 0.625. The van der Waals surface area contributed by atoms with E-state index in [0.717, 1.165) is 30.4 Å². The molecule has 25 heavy (non-hydrogen) atoms. The minimum Gasteiger partial charge on any atom is -0.353 e. The van der Waals surface area contributed by atoms with Gasteiger partial charge in [0.25, 0.3) is 5.91 Å². The highest BCUT2D eigenvalue weighted by atomic mass is 79.9. The number of rotatable bonds is 7. The minimum absolute atomic E-state index is 0.0391. The lowest BCUT2D eigenvalue weighted by molar-refractivity contribution is -0.124. The van der Waals surface area contributed by atoms with Crippen molar-refractivity contribution < 1.29 is 9.59 Å². The largest absolute Gasteiger partial charge is 0.353 e. The fourth-order valence-corrected chi connectivity index (χ4v) is 3.53. The van der Waals surface area contributed by atoms with Gasteiger partial charge >= 0.3 is 0 Å². The summed E-state index contributed by atoms with van der Waals surface area (Å²) in [5.74, 6) is -0.106. The third kappa shape index (κ3) is 5.28. The van der Waals surface area contributed by atoms with Crippen LogP contribution in [0.4, 0.5) is 0 Å². The number of likely N-dealkylation sites (N-methyl/N-ethyl adjacent to an activating group) is 1. The highest BCUT2D eigenvalue weighted by molar-refractivity contribution is 9.10. The number of hydrogen-bond donors (Lipinski definition) is 1. The summed E-state index contributed by atoms with van der Waals surface area (Å²) in [4.78, 5) is 29.3. The van der Waals surface area contributed by atoms with E-state index in [4.69, 9.17) is 0 Å². The van der Waals surface area contributed by atoms with Crippen molar-refractivity contribution in [1.82, 2.24) is 15.1 Å².